The number of benzene rings is 1. The van der Waals surface area contributed by atoms with E-state index in [0.717, 1.165) is 57.7 Å². The summed E-state index contributed by atoms with van der Waals surface area (Å²) in [5, 5.41) is 13.0. The molecule has 1 aromatic rings. The summed E-state index contributed by atoms with van der Waals surface area (Å²) in [7, 11) is 0. The average molecular weight is 306 g/mol. The first-order valence-corrected chi connectivity index (χ1v) is 8.50. The Bertz CT molecular complexity index is 429. The Morgan fingerprint density at radius 2 is 2.09 bits per heavy atom. The molecule has 1 aliphatic rings. The summed E-state index contributed by atoms with van der Waals surface area (Å²) in [5.41, 5.74) is 1.26. The highest BCUT2D eigenvalue weighted by Crippen LogP contribution is 2.15. The predicted octanol–water partition coefficient (Wildman–Crippen LogP) is 2.41. The molecular weight excluding hydrogens is 276 g/mol. The third kappa shape index (κ3) is 6.34. The molecule has 1 aliphatic heterocycles. The molecule has 0 bridgehead atoms. The second-order valence-electron chi connectivity index (χ2n) is 6.42. The van der Waals surface area contributed by atoms with Crippen LogP contribution in [-0.4, -0.2) is 48.4 Å². The lowest BCUT2D eigenvalue weighted by atomic mass is 10.1. The van der Waals surface area contributed by atoms with Gasteiger partial charge in [-0.3, -0.25) is 0 Å². The molecule has 2 rings (SSSR count). The first-order valence-electron chi connectivity index (χ1n) is 8.50. The second kappa shape index (κ2) is 9.13. The van der Waals surface area contributed by atoms with Gasteiger partial charge in [0.25, 0.3) is 0 Å². The van der Waals surface area contributed by atoms with Crippen LogP contribution in [0.4, 0.5) is 0 Å². The van der Waals surface area contributed by atoms with E-state index in [9.17, 15) is 5.11 Å². The van der Waals surface area contributed by atoms with Crippen molar-refractivity contribution >= 4 is 0 Å². The number of rotatable bonds is 8. The maximum Gasteiger partial charge on any atom is 0.120 e. The lowest BCUT2D eigenvalue weighted by molar-refractivity contribution is 0.0821. The molecular formula is C18H30N2O2. The van der Waals surface area contributed by atoms with Crippen LogP contribution in [0, 0.1) is 0 Å². The molecule has 0 aromatic heterocycles. The molecule has 1 aromatic carbocycles. The number of nitrogens with zero attached hydrogens (tertiary/aromatic N) is 1. The van der Waals surface area contributed by atoms with Crippen LogP contribution in [0.1, 0.15) is 38.7 Å². The Hall–Kier alpha value is -1.10. The highest BCUT2D eigenvalue weighted by molar-refractivity contribution is 5.28. The summed E-state index contributed by atoms with van der Waals surface area (Å²) in [6.07, 6.45) is 3.14. The topological polar surface area (TPSA) is 44.7 Å². The number of likely N-dealkylation sites (tertiary alicyclic amines) is 1. The van der Waals surface area contributed by atoms with Gasteiger partial charge in [-0.05, 0) is 63.9 Å². The molecule has 0 spiro atoms. The van der Waals surface area contributed by atoms with Crippen LogP contribution in [0.15, 0.2) is 24.3 Å². The van der Waals surface area contributed by atoms with Crippen molar-refractivity contribution in [1.29, 1.82) is 0 Å². The van der Waals surface area contributed by atoms with Gasteiger partial charge in [0.15, 0.2) is 0 Å². The van der Waals surface area contributed by atoms with Crippen molar-refractivity contribution in [1.82, 2.24) is 10.2 Å². The van der Waals surface area contributed by atoms with E-state index >= 15 is 0 Å². The fraction of sp³-hybridized carbons (Fsp3) is 0.667. The number of aliphatic hydroxyl groups excluding tert-OH is 1. The minimum Gasteiger partial charge on any atom is -0.491 e. The van der Waals surface area contributed by atoms with E-state index in [0.29, 0.717) is 0 Å². The third-order valence-corrected chi connectivity index (χ3v) is 3.98. The maximum absolute atomic E-state index is 9.49. The Morgan fingerprint density at radius 3 is 2.82 bits per heavy atom. The lowest BCUT2D eigenvalue weighted by Crippen LogP contribution is -2.37. The van der Waals surface area contributed by atoms with E-state index in [1.165, 1.54) is 5.56 Å². The Labute approximate surface area is 134 Å². The Kier molecular flexibility index (Phi) is 7.16. The number of ether oxygens (including phenoxy) is 1. The molecule has 4 heteroatoms. The van der Waals surface area contributed by atoms with Crippen LogP contribution in [0.2, 0.25) is 0 Å². The number of hydrogen-bond donors (Lipinski definition) is 2. The zero-order valence-corrected chi connectivity index (χ0v) is 13.9. The summed E-state index contributed by atoms with van der Waals surface area (Å²) in [6, 6.07) is 8.30. The fourth-order valence-electron chi connectivity index (χ4n) is 2.80. The summed E-state index contributed by atoms with van der Waals surface area (Å²) in [5.74, 6) is 0.946. The molecule has 1 heterocycles. The highest BCUT2D eigenvalue weighted by Gasteiger charge is 2.15. The van der Waals surface area contributed by atoms with Crippen LogP contribution in [0.5, 0.6) is 5.75 Å². The monoisotopic (exact) mass is 306 g/mol. The van der Waals surface area contributed by atoms with Crippen molar-refractivity contribution in [3.63, 3.8) is 0 Å². The molecule has 0 radical (unpaired) electrons. The standard InChI is InChI=1S/C18H30N2O2/c1-15(2)22-18-6-3-5-16(13-18)14-19-9-4-10-20-11-7-17(21)8-12-20/h3,5-6,13,15,17,19,21H,4,7-12,14H2,1-2H3. The molecule has 0 amide bonds. The normalized spacial score (nSPS) is 17.1. The third-order valence-electron chi connectivity index (χ3n) is 3.98. The second-order valence-corrected chi connectivity index (χ2v) is 6.42. The van der Waals surface area contributed by atoms with Crippen molar-refractivity contribution < 1.29 is 9.84 Å². The zero-order chi connectivity index (χ0) is 15.8. The zero-order valence-electron chi connectivity index (χ0n) is 13.9. The summed E-state index contributed by atoms with van der Waals surface area (Å²) in [6.45, 7) is 9.19. The van der Waals surface area contributed by atoms with Crippen LogP contribution < -0.4 is 10.1 Å². The van der Waals surface area contributed by atoms with E-state index in [1.807, 2.05) is 26.0 Å². The van der Waals surface area contributed by atoms with Crippen molar-refractivity contribution in [3.8, 4) is 5.75 Å². The fourth-order valence-corrected chi connectivity index (χ4v) is 2.80. The minimum absolute atomic E-state index is 0.0743. The Balaban J connectivity index is 1.60. The smallest absolute Gasteiger partial charge is 0.120 e. The van der Waals surface area contributed by atoms with Crippen molar-refractivity contribution in [2.45, 2.75) is 51.9 Å². The molecule has 22 heavy (non-hydrogen) atoms. The van der Waals surface area contributed by atoms with Gasteiger partial charge in [0.2, 0.25) is 0 Å². The van der Waals surface area contributed by atoms with Crippen molar-refractivity contribution in [3.05, 3.63) is 29.8 Å². The van der Waals surface area contributed by atoms with Crippen molar-refractivity contribution in [2.24, 2.45) is 0 Å². The van der Waals surface area contributed by atoms with Gasteiger partial charge in [-0.1, -0.05) is 12.1 Å². The van der Waals surface area contributed by atoms with Gasteiger partial charge in [0.05, 0.1) is 12.2 Å². The Morgan fingerprint density at radius 1 is 1.32 bits per heavy atom. The van der Waals surface area contributed by atoms with E-state index in [2.05, 4.69) is 22.3 Å². The molecule has 0 atom stereocenters. The molecule has 1 saturated heterocycles. The molecule has 0 aliphatic carbocycles. The van der Waals surface area contributed by atoms with Gasteiger partial charge >= 0.3 is 0 Å². The van der Waals surface area contributed by atoms with Crippen LogP contribution in [-0.2, 0) is 6.54 Å². The molecule has 1 fully saturated rings. The van der Waals surface area contributed by atoms with Crippen LogP contribution in [0.3, 0.4) is 0 Å². The van der Waals surface area contributed by atoms with Gasteiger partial charge in [-0.2, -0.15) is 0 Å². The first kappa shape index (κ1) is 17.3. The molecule has 124 valence electrons. The van der Waals surface area contributed by atoms with Crippen LogP contribution >= 0.6 is 0 Å². The minimum atomic E-state index is -0.0743. The summed E-state index contributed by atoms with van der Waals surface area (Å²) < 4.78 is 5.72. The van der Waals surface area contributed by atoms with E-state index in [1.54, 1.807) is 0 Å². The maximum atomic E-state index is 9.49. The van der Waals surface area contributed by atoms with Gasteiger partial charge < -0.3 is 20.1 Å². The van der Waals surface area contributed by atoms with Gasteiger partial charge in [0.1, 0.15) is 5.75 Å². The largest absolute Gasteiger partial charge is 0.491 e. The summed E-state index contributed by atoms with van der Waals surface area (Å²) in [4.78, 5) is 2.45. The number of nitrogens with one attached hydrogen (secondary N) is 1. The van der Waals surface area contributed by atoms with Gasteiger partial charge in [-0.15, -0.1) is 0 Å². The number of hydrogen-bond acceptors (Lipinski definition) is 4. The first-order chi connectivity index (χ1) is 10.6. The molecule has 0 unspecified atom stereocenters. The molecule has 0 saturated carbocycles. The average Bonchev–Trinajstić information content (AvgIpc) is 2.48. The quantitative estimate of drug-likeness (QED) is 0.724. The van der Waals surface area contributed by atoms with Gasteiger partial charge in [-0.25, -0.2) is 0 Å². The van der Waals surface area contributed by atoms with Crippen LogP contribution in [0.25, 0.3) is 0 Å². The van der Waals surface area contributed by atoms with Gasteiger partial charge in [0, 0.05) is 19.6 Å². The SMILES string of the molecule is CC(C)Oc1cccc(CNCCCN2CCC(O)CC2)c1. The number of aliphatic hydroxyl groups is 1. The van der Waals surface area contributed by atoms with E-state index in [-0.39, 0.29) is 12.2 Å². The molecule has 2 N–H and O–H groups in total. The molecule has 4 nitrogen and oxygen atoms in total. The lowest BCUT2D eigenvalue weighted by Gasteiger charge is -2.29. The van der Waals surface area contributed by atoms with E-state index < -0.39 is 0 Å². The highest BCUT2D eigenvalue weighted by atomic mass is 16.5. The number of piperidine rings is 1. The summed E-state index contributed by atoms with van der Waals surface area (Å²) >= 11 is 0. The van der Waals surface area contributed by atoms with E-state index in [4.69, 9.17) is 4.74 Å². The van der Waals surface area contributed by atoms with Crippen molar-refractivity contribution in [2.75, 3.05) is 26.2 Å². The predicted molar refractivity (Wildman–Crippen MR) is 90.2 cm³/mol.